The van der Waals surface area contributed by atoms with Gasteiger partial charge in [0.05, 0.1) is 5.69 Å². The van der Waals surface area contributed by atoms with Crippen molar-refractivity contribution < 1.29 is 4.79 Å². The number of hydrogen-bond donors (Lipinski definition) is 1. The molecule has 1 aliphatic heterocycles. The summed E-state index contributed by atoms with van der Waals surface area (Å²) in [6.45, 7) is 3.74. The second-order valence-electron chi connectivity index (χ2n) is 7.29. The van der Waals surface area contributed by atoms with E-state index in [0.717, 1.165) is 50.2 Å². The maximum Gasteiger partial charge on any atom is 0.223 e. The Bertz CT molecular complexity index is 736. The number of nitrogens with zero attached hydrogens (tertiary/aromatic N) is 2. The standard InChI is InChI=1S/C20H25N3O/c1-14-11-19(22-21-14)17-6-4-10-23(13-17)20(24)12-16-9-8-15-5-2-3-7-18(15)16/h2-3,5,7,11,16-17H,4,6,8-10,12-13H2,1H3,(H,21,22)/t16-,17+/m1/s1. The first-order valence-corrected chi connectivity index (χ1v) is 9.08. The summed E-state index contributed by atoms with van der Waals surface area (Å²) >= 11 is 0. The molecular weight excluding hydrogens is 298 g/mol. The van der Waals surface area contributed by atoms with Gasteiger partial charge in [-0.1, -0.05) is 24.3 Å². The number of aromatic nitrogens is 2. The summed E-state index contributed by atoms with van der Waals surface area (Å²) in [6, 6.07) is 10.7. The highest BCUT2D eigenvalue weighted by atomic mass is 16.2. The fraction of sp³-hybridized carbons (Fsp3) is 0.500. The monoisotopic (exact) mass is 323 g/mol. The maximum absolute atomic E-state index is 12.8. The van der Waals surface area contributed by atoms with Crippen LogP contribution in [0.5, 0.6) is 0 Å². The van der Waals surface area contributed by atoms with E-state index in [0.29, 0.717) is 24.2 Å². The van der Waals surface area contributed by atoms with Crippen LogP contribution in [-0.4, -0.2) is 34.1 Å². The number of nitrogens with one attached hydrogen (secondary N) is 1. The molecule has 0 saturated carbocycles. The number of carbonyl (C=O) groups is 1. The number of likely N-dealkylation sites (tertiary alicyclic amines) is 1. The molecule has 0 bridgehead atoms. The van der Waals surface area contributed by atoms with E-state index in [4.69, 9.17) is 0 Å². The Morgan fingerprint density at radius 1 is 1.33 bits per heavy atom. The van der Waals surface area contributed by atoms with Gasteiger partial charge in [-0.25, -0.2) is 0 Å². The van der Waals surface area contributed by atoms with E-state index >= 15 is 0 Å². The average molecular weight is 323 g/mol. The molecule has 126 valence electrons. The first-order chi connectivity index (χ1) is 11.7. The highest BCUT2D eigenvalue weighted by Gasteiger charge is 2.30. The normalized spacial score (nSPS) is 23.3. The first-order valence-electron chi connectivity index (χ1n) is 9.08. The number of hydrogen-bond acceptors (Lipinski definition) is 2. The van der Waals surface area contributed by atoms with E-state index < -0.39 is 0 Å². The number of rotatable bonds is 3. The lowest BCUT2D eigenvalue weighted by Gasteiger charge is -2.32. The minimum atomic E-state index is 0.314. The second-order valence-corrected chi connectivity index (χ2v) is 7.29. The molecule has 1 fully saturated rings. The number of amides is 1. The highest BCUT2D eigenvalue weighted by Crippen LogP contribution is 2.36. The number of aromatic amines is 1. The predicted molar refractivity (Wildman–Crippen MR) is 94.0 cm³/mol. The molecule has 2 heterocycles. The smallest absolute Gasteiger partial charge is 0.223 e. The van der Waals surface area contributed by atoms with E-state index in [1.807, 2.05) is 6.92 Å². The van der Waals surface area contributed by atoms with Crippen molar-refractivity contribution in [1.29, 1.82) is 0 Å². The molecule has 1 saturated heterocycles. The largest absolute Gasteiger partial charge is 0.342 e. The summed E-state index contributed by atoms with van der Waals surface area (Å²) in [5.41, 5.74) is 5.02. The molecule has 4 nitrogen and oxygen atoms in total. The van der Waals surface area contributed by atoms with Crippen molar-refractivity contribution in [3.8, 4) is 0 Å². The van der Waals surface area contributed by atoms with Gasteiger partial charge in [-0.2, -0.15) is 5.10 Å². The van der Waals surface area contributed by atoms with E-state index in [1.54, 1.807) is 0 Å². The molecule has 2 atom stereocenters. The molecule has 1 aromatic carbocycles. The van der Waals surface area contributed by atoms with Crippen molar-refractivity contribution in [3.05, 3.63) is 52.8 Å². The zero-order chi connectivity index (χ0) is 16.5. The Kier molecular flexibility index (Phi) is 4.13. The summed E-state index contributed by atoms with van der Waals surface area (Å²) < 4.78 is 0. The van der Waals surface area contributed by atoms with Gasteiger partial charge in [-0.15, -0.1) is 0 Å². The minimum absolute atomic E-state index is 0.314. The third-order valence-corrected chi connectivity index (χ3v) is 5.60. The van der Waals surface area contributed by atoms with Crippen LogP contribution in [0.1, 0.15) is 60.0 Å². The lowest BCUT2D eigenvalue weighted by Crippen LogP contribution is -2.39. The van der Waals surface area contributed by atoms with Gasteiger partial charge in [0.25, 0.3) is 0 Å². The quantitative estimate of drug-likeness (QED) is 0.939. The fourth-order valence-electron chi connectivity index (χ4n) is 4.29. The van der Waals surface area contributed by atoms with Gasteiger partial charge in [-0.3, -0.25) is 9.89 Å². The second kappa shape index (κ2) is 6.42. The number of fused-ring (bicyclic) bond motifs is 1. The van der Waals surface area contributed by atoms with E-state index in [-0.39, 0.29) is 0 Å². The van der Waals surface area contributed by atoms with Gasteiger partial charge in [0.15, 0.2) is 0 Å². The number of carbonyl (C=O) groups excluding carboxylic acids is 1. The van der Waals surface area contributed by atoms with Crippen molar-refractivity contribution in [2.24, 2.45) is 0 Å². The Labute approximate surface area is 143 Å². The van der Waals surface area contributed by atoms with Crippen molar-refractivity contribution in [3.63, 3.8) is 0 Å². The van der Waals surface area contributed by atoms with Crippen molar-refractivity contribution in [1.82, 2.24) is 15.1 Å². The maximum atomic E-state index is 12.8. The molecule has 1 aliphatic carbocycles. The molecule has 0 radical (unpaired) electrons. The molecule has 1 N–H and O–H groups in total. The zero-order valence-corrected chi connectivity index (χ0v) is 14.3. The first kappa shape index (κ1) is 15.4. The molecule has 0 spiro atoms. The van der Waals surface area contributed by atoms with Gasteiger partial charge < -0.3 is 4.90 Å². The van der Waals surface area contributed by atoms with Crippen LogP contribution in [0.25, 0.3) is 0 Å². The number of benzene rings is 1. The van der Waals surface area contributed by atoms with Crippen LogP contribution in [0.4, 0.5) is 0 Å². The van der Waals surface area contributed by atoms with Gasteiger partial charge in [-0.05, 0) is 55.7 Å². The molecule has 1 aromatic heterocycles. The van der Waals surface area contributed by atoms with Crippen LogP contribution in [0.3, 0.4) is 0 Å². The van der Waals surface area contributed by atoms with Crippen LogP contribution in [-0.2, 0) is 11.2 Å². The lowest BCUT2D eigenvalue weighted by molar-refractivity contribution is -0.132. The fourth-order valence-corrected chi connectivity index (χ4v) is 4.29. The Balaban J connectivity index is 1.41. The van der Waals surface area contributed by atoms with Crippen LogP contribution >= 0.6 is 0 Å². The third-order valence-electron chi connectivity index (χ3n) is 5.60. The van der Waals surface area contributed by atoms with Gasteiger partial charge in [0.2, 0.25) is 5.91 Å². The van der Waals surface area contributed by atoms with Crippen molar-refractivity contribution in [2.75, 3.05) is 13.1 Å². The molecule has 4 rings (SSSR count). The van der Waals surface area contributed by atoms with Gasteiger partial charge in [0, 0.05) is 31.1 Å². The number of H-pyrrole nitrogens is 1. The zero-order valence-electron chi connectivity index (χ0n) is 14.3. The molecule has 0 unspecified atom stereocenters. The third kappa shape index (κ3) is 2.97. The number of piperidine rings is 1. The topological polar surface area (TPSA) is 49.0 Å². The van der Waals surface area contributed by atoms with E-state index in [2.05, 4.69) is 45.4 Å². The van der Waals surface area contributed by atoms with Crippen molar-refractivity contribution >= 4 is 5.91 Å². The molecule has 1 amide bonds. The molecule has 4 heteroatoms. The summed E-state index contributed by atoms with van der Waals surface area (Å²) in [4.78, 5) is 14.9. The lowest BCUT2D eigenvalue weighted by atomic mass is 9.92. The number of aryl methyl sites for hydroxylation is 2. The molecule has 2 aromatic rings. The summed E-state index contributed by atoms with van der Waals surface area (Å²) in [5.74, 6) is 1.10. The summed E-state index contributed by atoms with van der Waals surface area (Å²) in [7, 11) is 0. The summed E-state index contributed by atoms with van der Waals surface area (Å²) in [6.07, 6.45) is 5.08. The Morgan fingerprint density at radius 2 is 2.21 bits per heavy atom. The van der Waals surface area contributed by atoms with Crippen LogP contribution < -0.4 is 0 Å². The molecular formula is C20H25N3O. The summed E-state index contributed by atoms with van der Waals surface area (Å²) in [5, 5.41) is 7.43. The SMILES string of the molecule is Cc1cc([C@H]2CCCN(C(=O)C[C@H]3CCc4ccccc43)C2)n[nH]1. The van der Waals surface area contributed by atoms with Crippen LogP contribution in [0, 0.1) is 6.92 Å². The Hall–Kier alpha value is -2.10. The molecule has 2 aliphatic rings. The van der Waals surface area contributed by atoms with E-state index in [1.165, 1.54) is 11.1 Å². The highest BCUT2D eigenvalue weighted by molar-refractivity contribution is 5.77. The minimum Gasteiger partial charge on any atom is -0.342 e. The predicted octanol–water partition coefficient (Wildman–Crippen LogP) is 3.54. The van der Waals surface area contributed by atoms with Crippen molar-refractivity contribution in [2.45, 2.75) is 50.9 Å². The van der Waals surface area contributed by atoms with Crippen LogP contribution in [0.15, 0.2) is 30.3 Å². The van der Waals surface area contributed by atoms with Crippen LogP contribution in [0.2, 0.25) is 0 Å². The van der Waals surface area contributed by atoms with E-state index in [9.17, 15) is 4.79 Å². The Morgan fingerprint density at radius 3 is 3.04 bits per heavy atom. The van der Waals surface area contributed by atoms with Gasteiger partial charge >= 0.3 is 0 Å². The van der Waals surface area contributed by atoms with Gasteiger partial charge in [0.1, 0.15) is 0 Å². The average Bonchev–Trinajstić information content (AvgIpc) is 3.22. The molecule has 24 heavy (non-hydrogen) atoms.